The van der Waals surface area contributed by atoms with Gasteiger partial charge in [-0.15, -0.1) is 0 Å². The second-order valence-electron chi connectivity index (χ2n) is 6.94. The van der Waals surface area contributed by atoms with Crippen LogP contribution in [0.5, 0.6) is 5.75 Å². The number of carbonyl (C=O) groups excluding carboxylic acids is 1. The van der Waals surface area contributed by atoms with Crippen LogP contribution >= 0.6 is 0 Å². The third-order valence-corrected chi connectivity index (χ3v) is 4.87. The Hall–Kier alpha value is -3.55. The van der Waals surface area contributed by atoms with Crippen molar-refractivity contribution in [3.05, 3.63) is 77.4 Å². The van der Waals surface area contributed by atoms with E-state index in [1.807, 2.05) is 0 Å². The number of esters is 1. The molecule has 0 aliphatic heterocycles. The summed E-state index contributed by atoms with van der Waals surface area (Å²) in [5.74, 6) is -4.35. The minimum atomic E-state index is -1.10. The van der Waals surface area contributed by atoms with Crippen molar-refractivity contribution in [2.75, 3.05) is 25.2 Å². The quantitative estimate of drug-likeness (QED) is 0.333. The van der Waals surface area contributed by atoms with E-state index in [1.54, 1.807) is 19.9 Å². The Morgan fingerprint density at radius 3 is 2.34 bits per heavy atom. The van der Waals surface area contributed by atoms with Gasteiger partial charge in [-0.25, -0.2) is 22.4 Å². The molecule has 3 aromatic rings. The van der Waals surface area contributed by atoms with E-state index >= 15 is 4.39 Å². The number of hydrogen-bond acceptors (Lipinski definition) is 4. The van der Waals surface area contributed by atoms with E-state index in [0.29, 0.717) is 16.7 Å². The Balaban J connectivity index is 2.04. The monoisotopic (exact) mass is 447 g/mol. The minimum absolute atomic E-state index is 0.0906. The summed E-state index contributed by atoms with van der Waals surface area (Å²) >= 11 is 0. The molecule has 168 valence electrons. The summed E-state index contributed by atoms with van der Waals surface area (Å²) in [5, 5.41) is 0. The van der Waals surface area contributed by atoms with Gasteiger partial charge < -0.3 is 14.4 Å². The summed E-state index contributed by atoms with van der Waals surface area (Å²) in [6.45, 7) is 2.74. The molecule has 0 fully saturated rings. The molecule has 0 bridgehead atoms. The highest BCUT2D eigenvalue weighted by molar-refractivity contribution is 5.78. The van der Waals surface area contributed by atoms with Gasteiger partial charge in [-0.3, -0.25) is 0 Å². The zero-order valence-electron chi connectivity index (χ0n) is 17.7. The molecule has 0 atom stereocenters. The predicted molar refractivity (Wildman–Crippen MR) is 113 cm³/mol. The standard InChI is InChI=1S/C24H21F4NO3/c1-4-31-21(30)13-32-20-11-10-19(27)24(22(20)28)29(3)23-14(2)17(8-9-18(23)26)15-6-5-7-16(25)12-15/h5-12H,4,13H2,1-3H3. The second kappa shape index (κ2) is 9.72. The first-order valence-electron chi connectivity index (χ1n) is 9.79. The third kappa shape index (κ3) is 4.69. The molecule has 4 nitrogen and oxygen atoms in total. The highest BCUT2D eigenvalue weighted by Crippen LogP contribution is 2.39. The van der Waals surface area contributed by atoms with Crippen molar-refractivity contribution in [1.82, 2.24) is 0 Å². The van der Waals surface area contributed by atoms with Gasteiger partial charge in [-0.1, -0.05) is 18.2 Å². The van der Waals surface area contributed by atoms with Gasteiger partial charge in [0, 0.05) is 7.05 Å². The lowest BCUT2D eigenvalue weighted by Gasteiger charge is -2.25. The van der Waals surface area contributed by atoms with Crippen molar-refractivity contribution in [1.29, 1.82) is 0 Å². The smallest absolute Gasteiger partial charge is 0.344 e. The maximum Gasteiger partial charge on any atom is 0.344 e. The van der Waals surface area contributed by atoms with Crippen LogP contribution in [0.25, 0.3) is 11.1 Å². The lowest BCUT2D eigenvalue weighted by Crippen LogP contribution is -2.18. The molecule has 0 spiro atoms. The fourth-order valence-electron chi connectivity index (χ4n) is 3.44. The Kier molecular flexibility index (Phi) is 7.02. The van der Waals surface area contributed by atoms with Gasteiger partial charge in [-0.05, 0) is 60.9 Å². The van der Waals surface area contributed by atoms with Crippen LogP contribution in [-0.4, -0.2) is 26.2 Å². The van der Waals surface area contributed by atoms with Crippen molar-refractivity contribution in [2.24, 2.45) is 0 Å². The summed E-state index contributed by atoms with van der Waals surface area (Å²) in [6, 6.07) is 10.3. The van der Waals surface area contributed by atoms with Gasteiger partial charge in [0.2, 0.25) is 0 Å². The second-order valence-corrected chi connectivity index (χ2v) is 6.94. The van der Waals surface area contributed by atoms with Crippen LogP contribution in [0.4, 0.5) is 28.9 Å². The number of ether oxygens (including phenoxy) is 2. The molecule has 0 saturated heterocycles. The molecule has 0 amide bonds. The van der Waals surface area contributed by atoms with Crippen molar-refractivity contribution >= 4 is 17.3 Å². The van der Waals surface area contributed by atoms with Crippen LogP contribution in [0.1, 0.15) is 12.5 Å². The molecule has 0 aromatic heterocycles. The number of nitrogens with zero attached hydrogens (tertiary/aromatic N) is 1. The highest BCUT2D eigenvalue weighted by Gasteiger charge is 2.24. The largest absolute Gasteiger partial charge is 0.479 e. The van der Waals surface area contributed by atoms with Crippen molar-refractivity contribution in [3.63, 3.8) is 0 Å². The normalized spacial score (nSPS) is 10.7. The number of hydrogen-bond donors (Lipinski definition) is 0. The average Bonchev–Trinajstić information content (AvgIpc) is 2.73. The van der Waals surface area contributed by atoms with Crippen molar-refractivity contribution in [3.8, 4) is 16.9 Å². The summed E-state index contributed by atoms with van der Waals surface area (Å²) in [5.41, 5.74) is 0.694. The summed E-state index contributed by atoms with van der Waals surface area (Å²) < 4.78 is 68.1. The molecule has 0 unspecified atom stereocenters. The first-order chi connectivity index (χ1) is 15.2. The molecular formula is C24H21F4NO3. The topological polar surface area (TPSA) is 38.8 Å². The van der Waals surface area contributed by atoms with E-state index in [1.165, 1.54) is 31.3 Å². The van der Waals surface area contributed by atoms with Gasteiger partial charge in [0.05, 0.1) is 12.3 Å². The minimum Gasteiger partial charge on any atom is -0.479 e. The number of benzene rings is 3. The molecule has 0 aliphatic carbocycles. The van der Waals surface area contributed by atoms with E-state index in [9.17, 15) is 18.0 Å². The third-order valence-electron chi connectivity index (χ3n) is 4.87. The van der Waals surface area contributed by atoms with Gasteiger partial charge in [0.25, 0.3) is 0 Å². The lowest BCUT2D eigenvalue weighted by molar-refractivity contribution is -0.145. The summed E-state index contributed by atoms with van der Waals surface area (Å²) in [4.78, 5) is 12.5. The van der Waals surface area contributed by atoms with E-state index in [2.05, 4.69) is 0 Å². The van der Waals surface area contributed by atoms with Crippen molar-refractivity contribution in [2.45, 2.75) is 13.8 Å². The van der Waals surface area contributed by atoms with Gasteiger partial charge >= 0.3 is 5.97 Å². The fraction of sp³-hybridized carbons (Fsp3) is 0.208. The highest BCUT2D eigenvalue weighted by atomic mass is 19.1. The van der Waals surface area contributed by atoms with Gasteiger partial charge in [0.15, 0.2) is 18.2 Å². The fourth-order valence-corrected chi connectivity index (χ4v) is 3.44. The van der Waals surface area contributed by atoms with Crippen LogP contribution in [0.15, 0.2) is 48.5 Å². The first kappa shape index (κ1) is 23.1. The van der Waals surface area contributed by atoms with Gasteiger partial charge in [0.1, 0.15) is 23.1 Å². The molecular weight excluding hydrogens is 426 g/mol. The molecule has 0 radical (unpaired) electrons. The molecule has 8 heteroatoms. The zero-order chi connectivity index (χ0) is 23.4. The Morgan fingerprint density at radius 2 is 1.66 bits per heavy atom. The van der Waals surface area contributed by atoms with Crippen LogP contribution in [0, 0.1) is 30.2 Å². The lowest BCUT2D eigenvalue weighted by atomic mass is 9.98. The van der Waals surface area contributed by atoms with E-state index < -0.39 is 41.5 Å². The van der Waals surface area contributed by atoms with Crippen LogP contribution in [-0.2, 0) is 9.53 Å². The zero-order valence-corrected chi connectivity index (χ0v) is 17.7. The SMILES string of the molecule is CCOC(=O)COc1ccc(F)c(N(C)c2c(F)ccc(-c3cccc(F)c3)c2C)c1F. The number of rotatable bonds is 7. The van der Waals surface area contributed by atoms with Crippen molar-refractivity contribution < 1.29 is 31.8 Å². The average molecular weight is 447 g/mol. The Labute approximate surface area is 183 Å². The molecule has 3 rings (SSSR count). The molecule has 0 saturated carbocycles. The Morgan fingerprint density at radius 1 is 0.969 bits per heavy atom. The van der Waals surface area contributed by atoms with Crippen LogP contribution in [0.3, 0.4) is 0 Å². The maximum atomic E-state index is 15.1. The molecule has 0 heterocycles. The molecule has 32 heavy (non-hydrogen) atoms. The maximum absolute atomic E-state index is 15.1. The molecule has 0 N–H and O–H groups in total. The van der Waals surface area contributed by atoms with Gasteiger partial charge in [-0.2, -0.15) is 0 Å². The van der Waals surface area contributed by atoms with E-state index in [4.69, 9.17) is 9.47 Å². The number of anilines is 2. The van der Waals surface area contributed by atoms with E-state index in [-0.39, 0.29) is 18.0 Å². The van der Waals surface area contributed by atoms with Crippen LogP contribution < -0.4 is 9.64 Å². The predicted octanol–water partition coefficient (Wildman–Crippen LogP) is 5.93. The molecule has 3 aromatic carbocycles. The summed E-state index contributed by atoms with van der Waals surface area (Å²) in [7, 11) is 1.30. The van der Waals surface area contributed by atoms with E-state index in [0.717, 1.165) is 23.1 Å². The first-order valence-corrected chi connectivity index (χ1v) is 9.79. The van der Waals surface area contributed by atoms with Crippen LogP contribution in [0.2, 0.25) is 0 Å². The Bertz CT molecular complexity index is 1150. The number of halogens is 4. The summed E-state index contributed by atoms with van der Waals surface area (Å²) in [6.07, 6.45) is 0. The molecule has 0 aliphatic rings. The number of carbonyl (C=O) groups is 1.